The number of fused-ring (bicyclic) bond motifs is 1. The van der Waals surface area contributed by atoms with Gasteiger partial charge < -0.3 is 10.1 Å². The first-order valence-electron chi connectivity index (χ1n) is 10.4. The van der Waals surface area contributed by atoms with Crippen molar-refractivity contribution in [2.45, 2.75) is 32.5 Å². The number of methoxy groups -OCH3 is 1. The van der Waals surface area contributed by atoms with Gasteiger partial charge in [-0.05, 0) is 48.9 Å². The smallest absolute Gasteiger partial charge is 0.266 e. The van der Waals surface area contributed by atoms with Crippen molar-refractivity contribution in [3.63, 3.8) is 0 Å². The number of nitrogens with zero attached hydrogens (tertiary/aromatic N) is 5. The molecule has 32 heavy (non-hydrogen) atoms. The Bertz CT molecular complexity index is 1280. The van der Waals surface area contributed by atoms with E-state index >= 15 is 0 Å². The number of hydrogen-bond donors (Lipinski definition) is 1. The minimum Gasteiger partial charge on any atom is -0.497 e. The highest BCUT2D eigenvalue weighted by Crippen LogP contribution is 2.19. The molecule has 1 N–H and O–H groups in total. The molecule has 0 aliphatic carbocycles. The summed E-state index contributed by atoms with van der Waals surface area (Å²) in [7, 11) is 1.61. The van der Waals surface area contributed by atoms with Crippen LogP contribution in [0.15, 0.2) is 65.5 Å². The molecule has 0 spiro atoms. The lowest BCUT2D eigenvalue weighted by Crippen LogP contribution is -2.41. The van der Waals surface area contributed by atoms with Gasteiger partial charge in [-0.2, -0.15) is 5.10 Å². The molecule has 0 fully saturated rings. The predicted octanol–water partition coefficient (Wildman–Crippen LogP) is 2.26. The van der Waals surface area contributed by atoms with E-state index in [-0.39, 0.29) is 30.6 Å². The summed E-state index contributed by atoms with van der Waals surface area (Å²) in [5.74, 6) is 0.544. The molecule has 0 saturated heterocycles. The molecule has 9 nitrogen and oxygen atoms in total. The van der Waals surface area contributed by atoms with Gasteiger partial charge in [0.15, 0.2) is 0 Å². The van der Waals surface area contributed by atoms with Gasteiger partial charge in [0.25, 0.3) is 5.56 Å². The minimum absolute atomic E-state index is 0.0469. The first kappa shape index (κ1) is 21.2. The van der Waals surface area contributed by atoms with Gasteiger partial charge in [0, 0.05) is 17.7 Å². The standard InChI is InChI=1S/C23H24N6O3/c1-3-17(24-22(30)15-28-21-7-5-4-6-20(21)25-27-28)14-29-23(31)13-12-19(26-29)16-8-10-18(32-2)11-9-16/h4-13,17H,3,14-15H2,1-2H3,(H,24,30)/t17-/m1/s1. The van der Waals surface area contributed by atoms with Crippen LogP contribution in [-0.4, -0.2) is 43.8 Å². The zero-order valence-electron chi connectivity index (χ0n) is 17.9. The van der Waals surface area contributed by atoms with E-state index in [1.165, 1.54) is 10.7 Å². The van der Waals surface area contributed by atoms with E-state index in [1.54, 1.807) is 17.9 Å². The van der Waals surface area contributed by atoms with Crippen molar-refractivity contribution < 1.29 is 9.53 Å². The van der Waals surface area contributed by atoms with Crippen molar-refractivity contribution in [3.8, 4) is 17.0 Å². The molecule has 0 radical (unpaired) electrons. The Kier molecular flexibility index (Phi) is 6.25. The predicted molar refractivity (Wildman–Crippen MR) is 120 cm³/mol. The van der Waals surface area contributed by atoms with Crippen molar-refractivity contribution in [2.75, 3.05) is 7.11 Å². The molecule has 2 heterocycles. The summed E-state index contributed by atoms with van der Waals surface area (Å²) >= 11 is 0. The average Bonchev–Trinajstić information content (AvgIpc) is 3.22. The van der Waals surface area contributed by atoms with Crippen LogP contribution in [0.25, 0.3) is 22.3 Å². The minimum atomic E-state index is -0.256. The fourth-order valence-corrected chi connectivity index (χ4v) is 3.42. The first-order chi connectivity index (χ1) is 15.6. The van der Waals surface area contributed by atoms with Crippen molar-refractivity contribution in [1.82, 2.24) is 30.1 Å². The molecule has 2 aromatic carbocycles. The average molecular weight is 432 g/mol. The SMILES string of the molecule is CC[C@H](Cn1nc(-c2ccc(OC)cc2)ccc1=O)NC(=O)Cn1nnc2ccccc21. The highest BCUT2D eigenvalue weighted by molar-refractivity contribution is 5.79. The second kappa shape index (κ2) is 9.42. The molecule has 1 atom stereocenters. The van der Waals surface area contributed by atoms with Gasteiger partial charge in [-0.3, -0.25) is 9.59 Å². The van der Waals surface area contributed by atoms with E-state index in [0.29, 0.717) is 12.1 Å². The number of nitrogens with one attached hydrogen (secondary N) is 1. The van der Waals surface area contributed by atoms with Crippen LogP contribution in [0, 0.1) is 0 Å². The molecule has 4 rings (SSSR count). The second-order valence-corrected chi connectivity index (χ2v) is 7.38. The number of rotatable bonds is 8. The Morgan fingerprint density at radius 2 is 1.84 bits per heavy atom. The van der Waals surface area contributed by atoms with Crippen LogP contribution in [0.5, 0.6) is 5.75 Å². The number of aromatic nitrogens is 5. The van der Waals surface area contributed by atoms with Gasteiger partial charge in [-0.1, -0.05) is 24.3 Å². The van der Waals surface area contributed by atoms with E-state index in [4.69, 9.17) is 4.74 Å². The first-order valence-corrected chi connectivity index (χ1v) is 10.4. The van der Waals surface area contributed by atoms with E-state index < -0.39 is 0 Å². The molecular weight excluding hydrogens is 408 g/mol. The number of ether oxygens (including phenoxy) is 1. The van der Waals surface area contributed by atoms with Crippen LogP contribution in [0.2, 0.25) is 0 Å². The maximum atomic E-state index is 12.6. The summed E-state index contributed by atoms with van der Waals surface area (Å²) in [4.78, 5) is 25.0. The third-order valence-electron chi connectivity index (χ3n) is 5.22. The van der Waals surface area contributed by atoms with Gasteiger partial charge in [0.2, 0.25) is 5.91 Å². The van der Waals surface area contributed by atoms with Crippen molar-refractivity contribution in [3.05, 3.63) is 71.0 Å². The maximum Gasteiger partial charge on any atom is 0.266 e. The van der Waals surface area contributed by atoms with Crippen LogP contribution < -0.4 is 15.6 Å². The van der Waals surface area contributed by atoms with Gasteiger partial charge in [-0.15, -0.1) is 5.10 Å². The van der Waals surface area contributed by atoms with Crippen LogP contribution in [0.3, 0.4) is 0 Å². The highest BCUT2D eigenvalue weighted by atomic mass is 16.5. The summed E-state index contributed by atoms with van der Waals surface area (Å²) in [6, 6.07) is 17.8. The molecule has 1 amide bonds. The normalized spacial score (nSPS) is 11.9. The van der Waals surface area contributed by atoms with E-state index in [9.17, 15) is 9.59 Å². The number of carbonyl (C=O) groups is 1. The fourth-order valence-electron chi connectivity index (χ4n) is 3.42. The molecule has 0 aliphatic heterocycles. The summed E-state index contributed by atoms with van der Waals surface area (Å²) in [6.07, 6.45) is 0.644. The van der Waals surface area contributed by atoms with Crippen molar-refractivity contribution >= 4 is 16.9 Å². The number of para-hydroxylation sites is 1. The topological polar surface area (TPSA) is 104 Å². The Balaban J connectivity index is 1.46. The molecule has 0 aliphatic rings. The third kappa shape index (κ3) is 4.66. The second-order valence-electron chi connectivity index (χ2n) is 7.38. The summed E-state index contributed by atoms with van der Waals surface area (Å²) in [5.41, 5.74) is 2.84. The molecule has 2 aromatic heterocycles. The lowest BCUT2D eigenvalue weighted by atomic mass is 10.1. The van der Waals surface area contributed by atoms with E-state index in [2.05, 4.69) is 20.7 Å². The van der Waals surface area contributed by atoms with Gasteiger partial charge in [-0.25, -0.2) is 9.36 Å². The monoisotopic (exact) mass is 432 g/mol. The van der Waals surface area contributed by atoms with Crippen LogP contribution in [0.1, 0.15) is 13.3 Å². The molecular formula is C23H24N6O3. The number of hydrogen-bond acceptors (Lipinski definition) is 6. The van der Waals surface area contributed by atoms with Gasteiger partial charge in [0.1, 0.15) is 17.8 Å². The van der Waals surface area contributed by atoms with Crippen molar-refractivity contribution in [1.29, 1.82) is 0 Å². The quantitative estimate of drug-likeness (QED) is 0.458. The Morgan fingerprint density at radius 1 is 1.06 bits per heavy atom. The zero-order chi connectivity index (χ0) is 22.5. The lowest BCUT2D eigenvalue weighted by molar-refractivity contribution is -0.122. The van der Waals surface area contributed by atoms with E-state index in [0.717, 1.165) is 22.3 Å². The molecule has 4 aromatic rings. The van der Waals surface area contributed by atoms with E-state index in [1.807, 2.05) is 55.5 Å². The highest BCUT2D eigenvalue weighted by Gasteiger charge is 2.15. The fraction of sp³-hybridized carbons (Fsp3) is 0.261. The Hall–Kier alpha value is -4.01. The lowest BCUT2D eigenvalue weighted by Gasteiger charge is -2.18. The third-order valence-corrected chi connectivity index (χ3v) is 5.22. The summed E-state index contributed by atoms with van der Waals surface area (Å²) < 4.78 is 8.14. The molecule has 0 bridgehead atoms. The van der Waals surface area contributed by atoms with Crippen LogP contribution in [-0.2, 0) is 17.9 Å². The molecule has 9 heteroatoms. The Labute approximate surface area is 184 Å². The molecule has 0 saturated carbocycles. The van der Waals surface area contributed by atoms with Gasteiger partial charge in [0.05, 0.1) is 24.9 Å². The van der Waals surface area contributed by atoms with Crippen molar-refractivity contribution in [2.24, 2.45) is 0 Å². The molecule has 0 unspecified atom stereocenters. The number of benzene rings is 2. The number of amides is 1. The number of carbonyl (C=O) groups excluding carboxylic acids is 1. The Morgan fingerprint density at radius 3 is 2.59 bits per heavy atom. The maximum absolute atomic E-state index is 12.6. The largest absolute Gasteiger partial charge is 0.497 e. The zero-order valence-corrected chi connectivity index (χ0v) is 17.9. The van der Waals surface area contributed by atoms with Gasteiger partial charge >= 0.3 is 0 Å². The summed E-state index contributed by atoms with van der Waals surface area (Å²) in [5, 5.41) is 15.6. The van der Waals surface area contributed by atoms with Crippen LogP contribution in [0.4, 0.5) is 0 Å². The summed E-state index contributed by atoms with van der Waals surface area (Å²) in [6.45, 7) is 2.27. The molecule has 164 valence electrons. The van der Waals surface area contributed by atoms with Crippen LogP contribution >= 0.6 is 0 Å².